The molecule has 1 saturated heterocycles. The number of aromatic nitrogens is 4. The first-order chi connectivity index (χ1) is 16.5. The Morgan fingerprint density at radius 2 is 1.85 bits per heavy atom. The highest BCUT2D eigenvalue weighted by Crippen LogP contribution is 2.33. The average molecular weight is 463 g/mol. The summed E-state index contributed by atoms with van der Waals surface area (Å²) in [5.74, 6) is 1.20. The maximum atomic E-state index is 13.2. The largest absolute Gasteiger partial charge is 0.388 e. The number of benzene rings is 1. The first kappa shape index (κ1) is 21.3. The molecule has 1 aromatic carbocycles. The molecule has 2 saturated carbocycles. The van der Waals surface area contributed by atoms with Crippen molar-refractivity contribution in [1.29, 1.82) is 0 Å². The number of nitrogens with zero attached hydrogens (tertiary/aromatic N) is 5. The highest BCUT2D eigenvalue weighted by Gasteiger charge is 2.39. The fraction of sp³-hybridized carbons (Fsp3) is 0.520. The third-order valence-corrected chi connectivity index (χ3v) is 7.36. The highest BCUT2D eigenvalue weighted by atomic mass is 16.3. The third kappa shape index (κ3) is 4.20. The molecule has 34 heavy (non-hydrogen) atoms. The Hall–Kier alpha value is -3.20. The molecule has 0 unspecified atom stereocenters. The molecule has 0 radical (unpaired) electrons. The first-order valence-corrected chi connectivity index (χ1v) is 12.3. The topological polar surface area (TPSA) is 105 Å². The summed E-state index contributed by atoms with van der Waals surface area (Å²) >= 11 is 0. The Morgan fingerprint density at radius 1 is 1.12 bits per heavy atom. The average Bonchev–Trinajstić information content (AvgIpc) is 3.78. The van der Waals surface area contributed by atoms with Gasteiger partial charge in [-0.3, -0.25) is 14.2 Å². The van der Waals surface area contributed by atoms with Gasteiger partial charge >= 0.3 is 0 Å². The lowest BCUT2D eigenvalue weighted by atomic mass is 9.91. The second-order valence-electron chi connectivity index (χ2n) is 10.2. The summed E-state index contributed by atoms with van der Waals surface area (Å²) in [6.45, 7) is 2.22. The van der Waals surface area contributed by atoms with Gasteiger partial charge in [-0.05, 0) is 68.7 Å². The van der Waals surface area contributed by atoms with E-state index >= 15 is 0 Å². The molecule has 9 nitrogen and oxygen atoms in total. The van der Waals surface area contributed by atoms with Crippen LogP contribution in [-0.4, -0.2) is 60.5 Å². The number of amides is 1. The van der Waals surface area contributed by atoms with Crippen LogP contribution < -0.4 is 10.9 Å². The summed E-state index contributed by atoms with van der Waals surface area (Å²) in [5, 5.41) is 19.4. The fourth-order valence-electron chi connectivity index (χ4n) is 4.76. The van der Waals surface area contributed by atoms with Gasteiger partial charge in [0.25, 0.3) is 5.56 Å². The highest BCUT2D eigenvalue weighted by molar-refractivity contribution is 5.81. The zero-order valence-electron chi connectivity index (χ0n) is 19.2. The lowest BCUT2D eigenvalue weighted by molar-refractivity contribution is -0.137. The van der Waals surface area contributed by atoms with Crippen molar-refractivity contribution in [3.63, 3.8) is 0 Å². The molecular weight excluding hydrogens is 432 g/mol. The number of piperidine rings is 1. The van der Waals surface area contributed by atoms with Gasteiger partial charge in [0.1, 0.15) is 11.7 Å². The van der Waals surface area contributed by atoms with Crippen molar-refractivity contribution in [2.45, 2.75) is 50.7 Å². The molecule has 0 atom stereocenters. The second kappa shape index (κ2) is 8.23. The second-order valence-corrected chi connectivity index (χ2v) is 10.2. The van der Waals surface area contributed by atoms with Crippen LogP contribution >= 0.6 is 0 Å². The lowest BCUT2D eigenvalue weighted by Gasteiger charge is -2.38. The van der Waals surface area contributed by atoms with Crippen LogP contribution in [0.25, 0.3) is 16.7 Å². The van der Waals surface area contributed by atoms with Gasteiger partial charge < -0.3 is 15.3 Å². The minimum Gasteiger partial charge on any atom is -0.388 e. The Balaban J connectivity index is 1.17. The standard InChI is InChI=1S/C25H30N6O3/c32-23(18-3-4-18)29-11-9-25(34,10-12-29)15-30-16-27-22-21(24(30)33)14-28-31(22)20-7-5-19(6-8-20)26-13-17-1-2-17/h5-8,14,16-18,26,34H,1-4,9-13,15H2. The van der Waals surface area contributed by atoms with Crippen molar-refractivity contribution >= 4 is 22.6 Å². The smallest absolute Gasteiger partial charge is 0.264 e. The molecular formula is C25H30N6O3. The normalized spacial score (nSPS) is 20.0. The van der Waals surface area contributed by atoms with Crippen LogP contribution in [0, 0.1) is 11.8 Å². The number of aliphatic hydroxyl groups is 1. The van der Waals surface area contributed by atoms with E-state index in [-0.39, 0.29) is 23.9 Å². The number of carbonyl (C=O) groups is 1. The van der Waals surface area contributed by atoms with E-state index in [1.165, 1.54) is 23.7 Å². The minimum atomic E-state index is -1.03. The van der Waals surface area contributed by atoms with E-state index in [4.69, 9.17) is 0 Å². The summed E-state index contributed by atoms with van der Waals surface area (Å²) in [6, 6.07) is 7.97. The molecule has 2 N–H and O–H groups in total. The molecule has 9 heteroatoms. The van der Waals surface area contributed by atoms with E-state index in [1.807, 2.05) is 29.2 Å². The number of rotatable bonds is 7. The number of nitrogens with one attached hydrogen (secondary N) is 1. The Labute approximate surface area is 197 Å². The van der Waals surface area contributed by atoms with E-state index < -0.39 is 5.60 Å². The maximum absolute atomic E-state index is 13.2. The molecule has 2 aliphatic carbocycles. The third-order valence-electron chi connectivity index (χ3n) is 7.36. The van der Waals surface area contributed by atoms with Gasteiger partial charge in [0.15, 0.2) is 5.65 Å². The van der Waals surface area contributed by atoms with E-state index in [1.54, 1.807) is 10.9 Å². The number of carbonyl (C=O) groups excluding carboxylic acids is 1. The molecule has 3 fully saturated rings. The zero-order valence-corrected chi connectivity index (χ0v) is 19.2. The monoisotopic (exact) mass is 462 g/mol. The predicted octanol–water partition coefficient (Wildman–Crippen LogP) is 2.17. The van der Waals surface area contributed by atoms with E-state index in [2.05, 4.69) is 15.4 Å². The van der Waals surface area contributed by atoms with Gasteiger partial charge in [-0.15, -0.1) is 0 Å². The van der Waals surface area contributed by atoms with Crippen LogP contribution in [0.3, 0.4) is 0 Å². The molecule has 0 spiro atoms. The number of fused-ring (bicyclic) bond motifs is 1. The van der Waals surface area contributed by atoms with Crippen LogP contribution in [-0.2, 0) is 11.3 Å². The van der Waals surface area contributed by atoms with Crippen molar-refractivity contribution in [1.82, 2.24) is 24.2 Å². The SMILES string of the molecule is O=C(C1CC1)N1CCC(O)(Cn2cnc3c(cnn3-c3ccc(NCC4CC4)cc3)c2=O)CC1. The van der Waals surface area contributed by atoms with E-state index in [0.29, 0.717) is 37.0 Å². The van der Waals surface area contributed by atoms with E-state index in [0.717, 1.165) is 36.7 Å². The Bertz CT molecular complexity index is 1260. The van der Waals surface area contributed by atoms with Crippen molar-refractivity contribution < 1.29 is 9.90 Å². The number of likely N-dealkylation sites (tertiary alicyclic amines) is 1. The molecule has 3 aliphatic rings. The van der Waals surface area contributed by atoms with Gasteiger partial charge in [-0.2, -0.15) is 5.10 Å². The Morgan fingerprint density at radius 3 is 2.53 bits per heavy atom. The van der Waals surface area contributed by atoms with Crippen molar-refractivity contribution in [3.05, 3.63) is 47.1 Å². The van der Waals surface area contributed by atoms with Crippen molar-refractivity contribution in [2.75, 3.05) is 25.0 Å². The van der Waals surface area contributed by atoms with Crippen molar-refractivity contribution in [2.24, 2.45) is 11.8 Å². The molecule has 6 rings (SSSR count). The predicted molar refractivity (Wildman–Crippen MR) is 128 cm³/mol. The first-order valence-electron chi connectivity index (χ1n) is 12.3. The molecule has 1 aliphatic heterocycles. The number of anilines is 1. The zero-order chi connectivity index (χ0) is 23.3. The van der Waals surface area contributed by atoms with Crippen LogP contribution in [0.15, 0.2) is 41.6 Å². The van der Waals surface area contributed by atoms with Gasteiger partial charge in [0, 0.05) is 31.2 Å². The molecule has 3 aromatic rings. The van der Waals surface area contributed by atoms with Crippen molar-refractivity contribution in [3.8, 4) is 5.69 Å². The Kier molecular flexibility index (Phi) is 5.17. The number of hydrogen-bond donors (Lipinski definition) is 2. The molecule has 0 bridgehead atoms. The fourth-order valence-corrected chi connectivity index (χ4v) is 4.76. The summed E-state index contributed by atoms with van der Waals surface area (Å²) < 4.78 is 3.14. The van der Waals surface area contributed by atoms with Gasteiger partial charge in [0.05, 0.1) is 24.0 Å². The van der Waals surface area contributed by atoms with Crippen LogP contribution in [0.5, 0.6) is 0 Å². The summed E-state index contributed by atoms with van der Waals surface area (Å²) in [5.41, 5.74) is 1.16. The van der Waals surface area contributed by atoms with E-state index in [9.17, 15) is 14.7 Å². The summed E-state index contributed by atoms with van der Waals surface area (Å²) in [4.78, 5) is 31.8. The van der Waals surface area contributed by atoms with Crippen LogP contribution in [0.4, 0.5) is 5.69 Å². The van der Waals surface area contributed by atoms with Crippen LogP contribution in [0.2, 0.25) is 0 Å². The summed E-state index contributed by atoms with van der Waals surface area (Å²) in [7, 11) is 0. The summed E-state index contributed by atoms with van der Waals surface area (Å²) in [6.07, 6.45) is 8.53. The van der Waals surface area contributed by atoms with Gasteiger partial charge in [-0.25, -0.2) is 9.67 Å². The maximum Gasteiger partial charge on any atom is 0.264 e. The minimum absolute atomic E-state index is 0.159. The quantitative estimate of drug-likeness (QED) is 0.558. The van der Waals surface area contributed by atoms with Gasteiger partial charge in [0.2, 0.25) is 5.91 Å². The molecule has 178 valence electrons. The lowest BCUT2D eigenvalue weighted by Crippen LogP contribution is -2.50. The number of hydrogen-bond acceptors (Lipinski definition) is 6. The van der Waals surface area contributed by atoms with Gasteiger partial charge in [-0.1, -0.05) is 0 Å². The molecule has 3 heterocycles. The molecule has 1 amide bonds. The van der Waals surface area contributed by atoms with Crippen LogP contribution in [0.1, 0.15) is 38.5 Å². The molecule has 2 aromatic heterocycles.